The molecule has 0 saturated carbocycles. The molecule has 0 spiro atoms. The predicted octanol–water partition coefficient (Wildman–Crippen LogP) is 4.30. The minimum absolute atomic E-state index is 0.103. The Bertz CT molecular complexity index is 686. The molecule has 0 radical (unpaired) electrons. The number of anilines is 4. The molecule has 0 heterocycles. The second-order valence-corrected chi connectivity index (χ2v) is 5.59. The van der Waals surface area contributed by atoms with E-state index in [1.807, 2.05) is 0 Å². The molecule has 0 bridgehead atoms. The third-order valence-corrected chi connectivity index (χ3v) is 4.62. The first-order chi connectivity index (χ1) is 9.27. The molecule has 0 aliphatic rings. The average Bonchev–Trinajstić information content (AvgIpc) is 2.43. The number of nitrogens with two attached hydrogens (primary N) is 4. The lowest BCUT2D eigenvalue weighted by Gasteiger charge is -2.16. The lowest BCUT2D eigenvalue weighted by atomic mass is 10.0. The van der Waals surface area contributed by atoms with Crippen LogP contribution in [0.25, 0.3) is 11.1 Å². The van der Waals surface area contributed by atoms with E-state index in [-0.39, 0.29) is 37.2 Å². The Morgan fingerprint density at radius 3 is 1.60 bits per heavy atom. The molecule has 2 aromatic carbocycles. The minimum Gasteiger partial charge on any atom is -0.397 e. The van der Waals surface area contributed by atoms with E-state index in [1.165, 1.54) is 0 Å². The van der Waals surface area contributed by atoms with Gasteiger partial charge < -0.3 is 22.9 Å². The highest BCUT2D eigenvalue weighted by Crippen LogP contribution is 2.49. The largest absolute Gasteiger partial charge is 0.397 e. The van der Waals surface area contributed by atoms with E-state index in [2.05, 4.69) is 0 Å². The molecule has 4 nitrogen and oxygen atoms in total. The summed E-state index contributed by atoms with van der Waals surface area (Å²) in [5.41, 5.74) is 24.9. The van der Waals surface area contributed by atoms with E-state index >= 15 is 0 Å². The van der Waals surface area contributed by atoms with E-state index in [1.54, 1.807) is 12.1 Å². The van der Waals surface area contributed by atoms with Gasteiger partial charge in [0.05, 0.1) is 42.8 Å². The zero-order chi connectivity index (χ0) is 15.2. The van der Waals surface area contributed by atoms with Gasteiger partial charge in [0, 0.05) is 11.1 Å². The molecule has 0 atom stereocenters. The van der Waals surface area contributed by atoms with Gasteiger partial charge in [0.25, 0.3) is 0 Å². The summed E-state index contributed by atoms with van der Waals surface area (Å²) in [5.74, 6) is 0. The van der Waals surface area contributed by atoms with Crippen molar-refractivity contribution in [3.63, 3.8) is 0 Å². The van der Waals surface area contributed by atoms with Crippen molar-refractivity contribution in [2.45, 2.75) is 0 Å². The van der Waals surface area contributed by atoms with Crippen molar-refractivity contribution in [3.05, 3.63) is 32.2 Å². The van der Waals surface area contributed by atoms with Crippen LogP contribution in [0.2, 0.25) is 20.1 Å². The summed E-state index contributed by atoms with van der Waals surface area (Å²) in [6.45, 7) is 0. The van der Waals surface area contributed by atoms with Gasteiger partial charge in [0.1, 0.15) is 0 Å². The van der Waals surface area contributed by atoms with E-state index in [4.69, 9.17) is 69.3 Å². The Hall–Kier alpha value is -1.20. The van der Waals surface area contributed by atoms with Crippen molar-refractivity contribution >= 4 is 69.2 Å². The van der Waals surface area contributed by atoms with Crippen LogP contribution in [-0.2, 0) is 0 Å². The summed E-state index contributed by atoms with van der Waals surface area (Å²) in [4.78, 5) is 0. The van der Waals surface area contributed by atoms with Crippen LogP contribution in [0.15, 0.2) is 12.1 Å². The highest BCUT2D eigenvalue weighted by molar-refractivity contribution is 6.52. The van der Waals surface area contributed by atoms with E-state index in [9.17, 15) is 0 Å². The first kappa shape index (κ1) is 15.2. The molecule has 2 rings (SSSR count). The highest BCUT2D eigenvalue weighted by atomic mass is 35.5. The molecule has 0 unspecified atom stereocenters. The second kappa shape index (κ2) is 5.30. The fourth-order valence-corrected chi connectivity index (χ4v) is 2.83. The molecular weight excluding hydrogens is 342 g/mol. The normalized spacial score (nSPS) is 10.8. The van der Waals surface area contributed by atoms with Crippen molar-refractivity contribution in [1.82, 2.24) is 0 Å². The lowest BCUT2D eigenvalue weighted by molar-refractivity contribution is 1.59. The van der Waals surface area contributed by atoms with Gasteiger partial charge in [-0.3, -0.25) is 0 Å². The van der Waals surface area contributed by atoms with Gasteiger partial charge in [-0.25, -0.2) is 0 Å². The number of halogens is 4. The Kier molecular flexibility index (Phi) is 4.02. The van der Waals surface area contributed by atoms with Crippen molar-refractivity contribution in [1.29, 1.82) is 0 Å². The monoisotopic (exact) mass is 350 g/mol. The third kappa shape index (κ3) is 2.19. The van der Waals surface area contributed by atoms with Gasteiger partial charge in [0.15, 0.2) is 0 Å². The number of rotatable bonds is 1. The lowest BCUT2D eigenvalue weighted by Crippen LogP contribution is -2.02. The van der Waals surface area contributed by atoms with Crippen LogP contribution in [0.5, 0.6) is 0 Å². The van der Waals surface area contributed by atoms with Crippen molar-refractivity contribution in [2.24, 2.45) is 0 Å². The van der Waals surface area contributed by atoms with Gasteiger partial charge in [-0.05, 0) is 12.1 Å². The van der Waals surface area contributed by atoms with Crippen LogP contribution in [0.1, 0.15) is 0 Å². The van der Waals surface area contributed by atoms with Crippen LogP contribution >= 0.6 is 46.4 Å². The molecule has 0 saturated heterocycles. The van der Waals surface area contributed by atoms with Crippen LogP contribution < -0.4 is 22.9 Å². The Balaban J connectivity index is 2.87. The fourth-order valence-electron chi connectivity index (χ4n) is 1.76. The fraction of sp³-hybridized carbons (Fsp3) is 0. The van der Waals surface area contributed by atoms with Crippen molar-refractivity contribution in [3.8, 4) is 11.1 Å². The summed E-state index contributed by atoms with van der Waals surface area (Å²) >= 11 is 24.5. The molecule has 20 heavy (non-hydrogen) atoms. The molecule has 0 fully saturated rings. The van der Waals surface area contributed by atoms with Gasteiger partial charge in [0.2, 0.25) is 0 Å². The van der Waals surface area contributed by atoms with E-state index < -0.39 is 0 Å². The van der Waals surface area contributed by atoms with E-state index in [0.29, 0.717) is 16.8 Å². The quantitative estimate of drug-likeness (QED) is 0.454. The molecule has 8 heteroatoms. The molecule has 0 aliphatic heterocycles. The maximum Gasteiger partial charge on any atom is 0.0844 e. The van der Waals surface area contributed by atoms with E-state index in [0.717, 1.165) is 0 Å². The third-order valence-electron chi connectivity index (χ3n) is 2.89. The van der Waals surface area contributed by atoms with Crippen molar-refractivity contribution < 1.29 is 0 Å². The Morgan fingerprint density at radius 2 is 1.10 bits per heavy atom. The number of nitrogen functional groups attached to an aromatic ring is 4. The molecule has 8 N–H and O–H groups in total. The number of benzene rings is 2. The topological polar surface area (TPSA) is 104 Å². The summed E-state index contributed by atoms with van der Waals surface area (Å²) in [6.07, 6.45) is 0. The van der Waals surface area contributed by atoms with Gasteiger partial charge in [-0.1, -0.05) is 46.4 Å². The summed E-state index contributed by atoms with van der Waals surface area (Å²) in [5, 5.41) is 0.501. The van der Waals surface area contributed by atoms with Crippen LogP contribution in [0.3, 0.4) is 0 Å². The molecule has 2 aromatic rings. The first-order valence-electron chi connectivity index (χ1n) is 5.32. The Morgan fingerprint density at radius 1 is 0.600 bits per heavy atom. The highest BCUT2D eigenvalue weighted by Gasteiger charge is 2.22. The summed E-state index contributed by atoms with van der Waals surface area (Å²) in [7, 11) is 0. The van der Waals surface area contributed by atoms with Gasteiger partial charge in [-0.2, -0.15) is 0 Å². The van der Waals surface area contributed by atoms with Crippen LogP contribution in [-0.4, -0.2) is 0 Å². The summed E-state index contributed by atoms with van der Waals surface area (Å²) in [6, 6.07) is 3.23. The maximum absolute atomic E-state index is 6.19. The zero-order valence-electron chi connectivity index (χ0n) is 9.98. The number of hydrogen-bond acceptors (Lipinski definition) is 4. The Labute approximate surface area is 135 Å². The second-order valence-electron chi connectivity index (χ2n) is 4.07. The zero-order valence-corrected chi connectivity index (χ0v) is 13.0. The SMILES string of the molecule is Nc1ccc(-c2c(Cl)c(Cl)c(N)c(Cl)c2Cl)c(N)c1N. The van der Waals surface area contributed by atoms with Crippen LogP contribution in [0.4, 0.5) is 22.7 Å². The van der Waals surface area contributed by atoms with Crippen molar-refractivity contribution in [2.75, 3.05) is 22.9 Å². The smallest absolute Gasteiger partial charge is 0.0844 e. The van der Waals surface area contributed by atoms with Crippen LogP contribution in [0, 0.1) is 0 Å². The minimum atomic E-state index is 0.103. The van der Waals surface area contributed by atoms with Gasteiger partial charge in [-0.15, -0.1) is 0 Å². The average molecular weight is 352 g/mol. The maximum atomic E-state index is 6.19. The number of hydrogen-bond donors (Lipinski definition) is 4. The van der Waals surface area contributed by atoms with Gasteiger partial charge >= 0.3 is 0 Å². The summed E-state index contributed by atoms with van der Waals surface area (Å²) < 4.78 is 0. The molecule has 0 amide bonds. The molecule has 0 aromatic heterocycles. The molecular formula is C12H10Cl4N4. The standard InChI is InChI=1S/C12H10Cl4N4/c13-6-5(7(14)9(16)12(20)8(6)15)3-1-2-4(17)11(19)10(3)18/h1-2H,17-20H2. The molecule has 0 aliphatic carbocycles. The first-order valence-corrected chi connectivity index (χ1v) is 6.83. The molecule has 106 valence electrons. The predicted molar refractivity (Wildman–Crippen MR) is 89.6 cm³/mol.